The molecule has 160 valence electrons. The fourth-order valence-electron chi connectivity index (χ4n) is 3.56. The Morgan fingerprint density at radius 2 is 1.56 bits per heavy atom. The van der Waals surface area contributed by atoms with Crippen LogP contribution < -0.4 is 0 Å². The van der Waals surface area contributed by atoms with Crippen LogP contribution in [0.25, 0.3) is 0 Å². The van der Waals surface area contributed by atoms with Crippen LogP contribution in [0.5, 0.6) is 0 Å². The van der Waals surface area contributed by atoms with E-state index in [1.165, 1.54) is 38.8 Å². The zero-order chi connectivity index (χ0) is 20.3. The summed E-state index contributed by atoms with van der Waals surface area (Å²) in [4.78, 5) is 16.4. The first kappa shape index (κ1) is 24.2. The number of ether oxygens (including phenoxy) is 2. The molecule has 0 aromatic rings. The van der Waals surface area contributed by atoms with Crippen molar-refractivity contribution in [2.75, 3.05) is 33.8 Å². The van der Waals surface area contributed by atoms with Crippen molar-refractivity contribution in [2.24, 2.45) is 0 Å². The summed E-state index contributed by atoms with van der Waals surface area (Å²) in [6, 6.07) is 0.275. The number of rotatable bonds is 11. The Bertz CT molecular complexity index is 401. The lowest BCUT2D eigenvalue weighted by Gasteiger charge is -2.35. The fraction of sp³-hybridized carbons (Fsp3) is 0.955. The maximum atomic E-state index is 12.2. The van der Waals surface area contributed by atoms with E-state index >= 15 is 0 Å². The van der Waals surface area contributed by atoms with E-state index in [0.29, 0.717) is 6.10 Å². The molecular formula is C22H44N2O3. The third-order valence-corrected chi connectivity index (χ3v) is 5.30. The molecule has 1 saturated carbocycles. The Labute approximate surface area is 167 Å². The molecule has 1 rings (SSSR count). The highest BCUT2D eigenvalue weighted by Gasteiger charge is 2.29. The fourth-order valence-corrected chi connectivity index (χ4v) is 3.56. The Balaban J connectivity index is 2.11. The molecule has 0 heterocycles. The highest BCUT2D eigenvalue weighted by molar-refractivity contribution is 5.68. The number of nitrogens with zero attached hydrogens (tertiary/aromatic N) is 2. The van der Waals surface area contributed by atoms with Crippen LogP contribution in [0.4, 0.5) is 4.79 Å². The molecule has 0 aromatic carbocycles. The van der Waals surface area contributed by atoms with Gasteiger partial charge in [0.25, 0.3) is 0 Å². The van der Waals surface area contributed by atoms with E-state index < -0.39 is 5.60 Å². The van der Waals surface area contributed by atoms with Gasteiger partial charge in [-0.05, 0) is 85.9 Å². The van der Waals surface area contributed by atoms with Gasteiger partial charge in [0.05, 0.1) is 6.10 Å². The SMILES string of the molecule is CCCCCN(C)CCCCOC1CCC(N(C)C(=O)OC(C)(C)C)CC1. The monoisotopic (exact) mass is 384 g/mol. The van der Waals surface area contributed by atoms with Crippen LogP contribution in [0.1, 0.15) is 85.5 Å². The minimum atomic E-state index is -0.435. The molecular weight excluding hydrogens is 340 g/mol. The quantitative estimate of drug-likeness (QED) is 0.466. The van der Waals surface area contributed by atoms with Crippen molar-refractivity contribution < 1.29 is 14.3 Å². The van der Waals surface area contributed by atoms with E-state index in [4.69, 9.17) is 9.47 Å². The van der Waals surface area contributed by atoms with Crippen LogP contribution in [0, 0.1) is 0 Å². The lowest BCUT2D eigenvalue weighted by molar-refractivity contribution is -0.00599. The minimum Gasteiger partial charge on any atom is -0.444 e. The van der Waals surface area contributed by atoms with Crippen LogP contribution in [-0.4, -0.2) is 67.4 Å². The average molecular weight is 385 g/mol. The molecule has 0 bridgehead atoms. The first-order chi connectivity index (χ1) is 12.7. The third kappa shape index (κ3) is 10.9. The molecule has 0 N–H and O–H groups in total. The summed E-state index contributed by atoms with van der Waals surface area (Å²) in [6.07, 6.45) is 10.5. The van der Waals surface area contributed by atoms with Crippen LogP contribution in [-0.2, 0) is 9.47 Å². The summed E-state index contributed by atoms with van der Waals surface area (Å²) in [6.45, 7) is 11.2. The summed E-state index contributed by atoms with van der Waals surface area (Å²) in [5, 5.41) is 0. The number of amides is 1. The zero-order valence-corrected chi connectivity index (χ0v) is 18.8. The summed E-state index contributed by atoms with van der Waals surface area (Å²) in [7, 11) is 4.08. The summed E-state index contributed by atoms with van der Waals surface area (Å²) < 4.78 is 11.6. The highest BCUT2D eigenvalue weighted by Crippen LogP contribution is 2.25. The van der Waals surface area contributed by atoms with Crippen LogP contribution in [0.3, 0.4) is 0 Å². The molecule has 5 nitrogen and oxygen atoms in total. The van der Waals surface area contributed by atoms with E-state index in [9.17, 15) is 4.79 Å². The van der Waals surface area contributed by atoms with Crippen LogP contribution >= 0.6 is 0 Å². The zero-order valence-electron chi connectivity index (χ0n) is 18.8. The van der Waals surface area contributed by atoms with Gasteiger partial charge in [-0.1, -0.05) is 19.8 Å². The van der Waals surface area contributed by atoms with Crippen molar-refractivity contribution in [3.8, 4) is 0 Å². The maximum absolute atomic E-state index is 12.2. The van der Waals surface area contributed by atoms with Crippen molar-refractivity contribution in [3.05, 3.63) is 0 Å². The molecule has 0 unspecified atom stereocenters. The minimum absolute atomic E-state index is 0.213. The Morgan fingerprint density at radius 1 is 0.963 bits per heavy atom. The van der Waals surface area contributed by atoms with Crippen molar-refractivity contribution in [2.45, 2.75) is 103 Å². The first-order valence-electron chi connectivity index (χ1n) is 11.0. The largest absolute Gasteiger partial charge is 0.444 e. The van der Waals surface area contributed by atoms with Gasteiger partial charge in [0.2, 0.25) is 0 Å². The Kier molecular flexibility index (Phi) is 11.3. The number of hydrogen-bond acceptors (Lipinski definition) is 4. The van der Waals surface area contributed by atoms with Crippen molar-refractivity contribution in [3.63, 3.8) is 0 Å². The van der Waals surface area contributed by atoms with Gasteiger partial charge < -0.3 is 19.3 Å². The molecule has 0 aromatic heterocycles. The van der Waals surface area contributed by atoms with Gasteiger partial charge in [-0.2, -0.15) is 0 Å². The van der Waals surface area contributed by atoms with E-state index in [2.05, 4.69) is 18.9 Å². The van der Waals surface area contributed by atoms with Gasteiger partial charge >= 0.3 is 6.09 Å². The molecule has 27 heavy (non-hydrogen) atoms. The van der Waals surface area contributed by atoms with Crippen LogP contribution in [0.2, 0.25) is 0 Å². The first-order valence-corrected chi connectivity index (χ1v) is 11.0. The molecule has 0 aliphatic heterocycles. The second kappa shape index (κ2) is 12.6. The van der Waals surface area contributed by atoms with Gasteiger partial charge in [0.15, 0.2) is 0 Å². The van der Waals surface area contributed by atoms with Crippen molar-refractivity contribution in [1.82, 2.24) is 9.80 Å². The average Bonchev–Trinajstić information content (AvgIpc) is 2.60. The lowest BCUT2D eigenvalue weighted by atomic mass is 9.92. The predicted molar refractivity (Wildman–Crippen MR) is 112 cm³/mol. The van der Waals surface area contributed by atoms with E-state index in [1.807, 2.05) is 27.8 Å². The van der Waals surface area contributed by atoms with Gasteiger partial charge in [0, 0.05) is 19.7 Å². The molecule has 1 amide bonds. The second-order valence-electron chi connectivity index (χ2n) is 9.11. The van der Waals surface area contributed by atoms with Crippen molar-refractivity contribution >= 4 is 6.09 Å². The number of unbranched alkanes of at least 4 members (excludes halogenated alkanes) is 3. The molecule has 0 saturated heterocycles. The molecule has 5 heteroatoms. The maximum Gasteiger partial charge on any atom is 0.410 e. The summed E-state index contributed by atoms with van der Waals surface area (Å²) >= 11 is 0. The Hall–Kier alpha value is -0.810. The van der Waals surface area contributed by atoms with E-state index in [-0.39, 0.29) is 12.1 Å². The number of hydrogen-bond donors (Lipinski definition) is 0. The van der Waals surface area contributed by atoms with Crippen molar-refractivity contribution in [1.29, 1.82) is 0 Å². The molecule has 1 fully saturated rings. The van der Waals surface area contributed by atoms with Gasteiger partial charge in [-0.15, -0.1) is 0 Å². The molecule has 0 radical (unpaired) electrons. The number of carbonyl (C=O) groups is 1. The van der Waals surface area contributed by atoms with Crippen LogP contribution in [0.15, 0.2) is 0 Å². The highest BCUT2D eigenvalue weighted by atomic mass is 16.6. The van der Waals surface area contributed by atoms with E-state index in [0.717, 1.165) is 38.7 Å². The predicted octanol–water partition coefficient (Wildman–Crippen LogP) is 5.08. The molecule has 1 aliphatic rings. The molecule has 1 aliphatic carbocycles. The smallest absolute Gasteiger partial charge is 0.410 e. The van der Waals surface area contributed by atoms with Gasteiger partial charge in [0.1, 0.15) is 5.60 Å². The molecule has 0 spiro atoms. The molecule has 0 atom stereocenters. The van der Waals surface area contributed by atoms with Gasteiger partial charge in [-0.3, -0.25) is 0 Å². The summed E-state index contributed by atoms with van der Waals surface area (Å²) in [5.41, 5.74) is -0.435. The van der Waals surface area contributed by atoms with E-state index in [1.54, 1.807) is 4.90 Å². The standard InChI is InChI=1S/C22H44N2O3/c1-7-8-9-16-23(5)17-10-11-18-26-20-14-12-19(13-15-20)24(6)21(25)27-22(2,3)4/h19-20H,7-18H2,1-6H3. The topological polar surface area (TPSA) is 42.0 Å². The number of carbonyl (C=O) groups excluding carboxylic acids is 1. The summed E-state index contributed by atoms with van der Waals surface area (Å²) in [5.74, 6) is 0. The second-order valence-corrected chi connectivity index (χ2v) is 9.11. The lowest BCUT2D eigenvalue weighted by Crippen LogP contribution is -2.43. The normalized spacial score (nSPS) is 20.7. The van der Waals surface area contributed by atoms with Gasteiger partial charge in [-0.25, -0.2) is 4.79 Å². The Morgan fingerprint density at radius 3 is 2.11 bits per heavy atom. The third-order valence-electron chi connectivity index (χ3n) is 5.30.